The van der Waals surface area contributed by atoms with Crippen LogP contribution in [0.3, 0.4) is 0 Å². The van der Waals surface area contributed by atoms with E-state index in [1.165, 1.54) is 10.9 Å². The van der Waals surface area contributed by atoms with Crippen LogP contribution in [0, 0.1) is 25.6 Å². The van der Waals surface area contributed by atoms with Gasteiger partial charge in [0.25, 0.3) is 0 Å². The second-order valence-electron chi connectivity index (χ2n) is 11.0. The van der Waals surface area contributed by atoms with Crippen LogP contribution >= 0.6 is 0 Å². The summed E-state index contributed by atoms with van der Waals surface area (Å²) in [6, 6.07) is 6.89. The molecule has 13 heteroatoms. The van der Waals surface area contributed by atoms with Crippen molar-refractivity contribution in [3.8, 4) is 5.82 Å². The number of nitrogens with zero attached hydrogens (tertiary/aromatic N) is 7. The number of carbonyl (C=O) groups excluding carboxylic acids is 2. The van der Waals surface area contributed by atoms with Crippen molar-refractivity contribution in [2.45, 2.75) is 65.3 Å². The summed E-state index contributed by atoms with van der Waals surface area (Å²) in [5.74, 6) is 1.43. The molecule has 4 aromatic rings. The van der Waals surface area contributed by atoms with Crippen molar-refractivity contribution in [3.05, 3.63) is 71.4 Å². The third-order valence-corrected chi connectivity index (χ3v) is 7.70. The Labute approximate surface area is 249 Å². The van der Waals surface area contributed by atoms with Crippen molar-refractivity contribution >= 4 is 23.5 Å². The average Bonchev–Trinajstić information content (AvgIpc) is 3.62. The Bertz CT molecular complexity index is 1570. The van der Waals surface area contributed by atoms with Gasteiger partial charge in [0.1, 0.15) is 18.2 Å². The van der Waals surface area contributed by atoms with Crippen LogP contribution in [-0.4, -0.2) is 64.7 Å². The molecular weight excluding hydrogens is 551 g/mol. The fourth-order valence-corrected chi connectivity index (χ4v) is 5.53. The van der Waals surface area contributed by atoms with Gasteiger partial charge in [0.15, 0.2) is 17.5 Å². The summed E-state index contributed by atoms with van der Waals surface area (Å²) >= 11 is 0. The van der Waals surface area contributed by atoms with Gasteiger partial charge >= 0.3 is 0 Å². The smallest absolute Gasteiger partial charge is 0.239 e. The Morgan fingerprint density at radius 2 is 2.00 bits per heavy atom. The van der Waals surface area contributed by atoms with Crippen molar-refractivity contribution < 1.29 is 14.0 Å². The maximum atomic E-state index is 14.1. The molecule has 12 nitrogen and oxygen atoms in total. The molecule has 4 heterocycles. The topological polar surface area (TPSA) is 147 Å². The minimum absolute atomic E-state index is 0.00103. The van der Waals surface area contributed by atoms with Crippen LogP contribution in [0.4, 0.5) is 16.0 Å². The van der Waals surface area contributed by atoms with Crippen LogP contribution in [0.15, 0.2) is 42.9 Å². The molecule has 0 bridgehead atoms. The number of amides is 2. The van der Waals surface area contributed by atoms with Gasteiger partial charge in [0.05, 0.1) is 18.4 Å². The third-order valence-electron chi connectivity index (χ3n) is 7.70. The predicted molar refractivity (Wildman–Crippen MR) is 158 cm³/mol. The van der Waals surface area contributed by atoms with E-state index < -0.39 is 11.9 Å². The summed E-state index contributed by atoms with van der Waals surface area (Å²) in [5.41, 5.74) is 2.52. The summed E-state index contributed by atoms with van der Waals surface area (Å²) < 4.78 is 14.8. The van der Waals surface area contributed by atoms with E-state index in [1.54, 1.807) is 17.2 Å². The molecule has 3 atom stereocenters. The standard InChI is InChI=1S/C30H37FN10O2/c1-5-32-28(42)17-40(20(4)23-9-10-27(33-14-23)41-16-24(31)15-34-41)30(43)22-8-6-7-21(13-22)29-35-18(2)11-25(37-29)36-26-12-19(3)38-39-26/h9-12,14-16,20-22H,5-8,13,17H2,1-4H3,(H,32,42)(H2,35,36,37,38,39)/t20-,21-,22?/m0/s1. The Morgan fingerprint density at radius 1 is 1.16 bits per heavy atom. The van der Waals surface area contributed by atoms with Gasteiger partial charge in [0.2, 0.25) is 11.8 Å². The summed E-state index contributed by atoms with van der Waals surface area (Å²) in [7, 11) is 0. The molecule has 5 rings (SSSR count). The van der Waals surface area contributed by atoms with Crippen molar-refractivity contribution in [2.24, 2.45) is 5.92 Å². The van der Waals surface area contributed by atoms with Crippen LogP contribution in [-0.2, 0) is 9.59 Å². The molecule has 3 N–H and O–H groups in total. The molecule has 1 aliphatic carbocycles. The van der Waals surface area contributed by atoms with E-state index in [-0.39, 0.29) is 30.2 Å². The van der Waals surface area contributed by atoms with Crippen LogP contribution in [0.2, 0.25) is 0 Å². The number of carbonyl (C=O) groups is 2. The van der Waals surface area contributed by atoms with Crippen LogP contribution in [0.25, 0.3) is 5.82 Å². The van der Waals surface area contributed by atoms with Gasteiger partial charge in [-0.25, -0.2) is 24.0 Å². The highest BCUT2D eigenvalue weighted by atomic mass is 19.1. The highest BCUT2D eigenvalue weighted by molar-refractivity contribution is 5.86. The SMILES string of the molecule is CCNC(=O)CN(C(=O)C1CCC[C@H](c2nc(C)cc(Nc3cc(C)[nH]n3)n2)C1)[C@@H](C)c1ccc(-n2cc(F)cn2)nc1. The first-order valence-corrected chi connectivity index (χ1v) is 14.6. The summed E-state index contributed by atoms with van der Waals surface area (Å²) in [4.78, 5) is 42.4. The Kier molecular flexibility index (Phi) is 9.07. The Balaban J connectivity index is 1.34. The molecule has 43 heavy (non-hydrogen) atoms. The number of halogens is 1. The Morgan fingerprint density at radius 3 is 2.67 bits per heavy atom. The average molecular weight is 589 g/mol. The van der Waals surface area contributed by atoms with Crippen LogP contribution in [0.1, 0.15) is 74.3 Å². The lowest BCUT2D eigenvalue weighted by Gasteiger charge is -2.35. The molecule has 4 aromatic heterocycles. The van der Waals surface area contributed by atoms with E-state index >= 15 is 0 Å². The number of nitrogens with one attached hydrogen (secondary N) is 3. The molecule has 2 amide bonds. The highest BCUT2D eigenvalue weighted by Gasteiger charge is 2.35. The number of likely N-dealkylation sites (N-methyl/N-ethyl adjacent to an activating group) is 1. The van der Waals surface area contributed by atoms with E-state index in [9.17, 15) is 14.0 Å². The van der Waals surface area contributed by atoms with E-state index in [1.807, 2.05) is 45.9 Å². The largest absolute Gasteiger partial charge is 0.355 e. The lowest BCUT2D eigenvalue weighted by molar-refractivity contribution is -0.142. The van der Waals surface area contributed by atoms with Gasteiger partial charge < -0.3 is 15.5 Å². The number of H-pyrrole nitrogens is 1. The van der Waals surface area contributed by atoms with E-state index in [2.05, 4.69) is 30.9 Å². The summed E-state index contributed by atoms with van der Waals surface area (Å²) in [6.07, 6.45) is 7.02. The van der Waals surface area contributed by atoms with Crippen molar-refractivity contribution in [1.29, 1.82) is 0 Å². The number of aromatic amines is 1. The molecule has 1 unspecified atom stereocenters. The van der Waals surface area contributed by atoms with Crippen molar-refractivity contribution in [1.82, 2.24) is 45.1 Å². The number of rotatable bonds is 10. The number of pyridine rings is 1. The highest BCUT2D eigenvalue weighted by Crippen LogP contribution is 2.37. The number of anilines is 2. The minimum atomic E-state index is -0.458. The quantitative estimate of drug-likeness (QED) is 0.249. The molecular formula is C30H37FN10O2. The molecule has 226 valence electrons. The molecule has 1 fully saturated rings. The maximum absolute atomic E-state index is 14.1. The van der Waals surface area contributed by atoms with E-state index in [0.29, 0.717) is 36.2 Å². The number of hydrogen-bond donors (Lipinski definition) is 3. The van der Waals surface area contributed by atoms with Crippen molar-refractivity contribution in [2.75, 3.05) is 18.4 Å². The second-order valence-corrected chi connectivity index (χ2v) is 11.0. The lowest BCUT2D eigenvalue weighted by atomic mass is 9.80. The monoisotopic (exact) mass is 588 g/mol. The predicted octanol–water partition coefficient (Wildman–Crippen LogP) is 4.28. The van der Waals surface area contributed by atoms with Gasteiger partial charge in [-0.05, 0) is 58.6 Å². The first kappa shape index (κ1) is 29.8. The number of aryl methyl sites for hydroxylation is 2. The molecule has 0 spiro atoms. The summed E-state index contributed by atoms with van der Waals surface area (Å²) in [6.45, 7) is 7.99. The minimum Gasteiger partial charge on any atom is -0.355 e. The number of hydrogen-bond acceptors (Lipinski definition) is 8. The summed E-state index contributed by atoms with van der Waals surface area (Å²) in [5, 5.41) is 17.2. The molecule has 0 aliphatic heterocycles. The zero-order valence-corrected chi connectivity index (χ0v) is 24.8. The van der Waals surface area contributed by atoms with Crippen LogP contribution < -0.4 is 10.6 Å². The normalized spacial score (nSPS) is 17.3. The molecule has 0 saturated heterocycles. The Hall–Kier alpha value is -4.68. The first-order chi connectivity index (χ1) is 20.7. The molecule has 0 radical (unpaired) electrons. The van der Waals surface area contributed by atoms with E-state index in [4.69, 9.17) is 9.97 Å². The van der Waals surface area contributed by atoms with Crippen LogP contribution in [0.5, 0.6) is 0 Å². The van der Waals surface area contributed by atoms with Gasteiger partial charge in [-0.2, -0.15) is 10.2 Å². The van der Waals surface area contributed by atoms with Gasteiger partial charge in [-0.3, -0.25) is 14.7 Å². The van der Waals surface area contributed by atoms with Crippen molar-refractivity contribution in [3.63, 3.8) is 0 Å². The first-order valence-electron chi connectivity index (χ1n) is 14.6. The lowest BCUT2D eigenvalue weighted by Crippen LogP contribution is -2.45. The fraction of sp³-hybridized carbons (Fsp3) is 0.433. The molecule has 1 saturated carbocycles. The van der Waals surface area contributed by atoms with Gasteiger partial charge in [0, 0.05) is 48.1 Å². The van der Waals surface area contributed by atoms with Gasteiger partial charge in [-0.15, -0.1) is 0 Å². The zero-order chi connectivity index (χ0) is 30.5. The second kappa shape index (κ2) is 13.1. The zero-order valence-electron chi connectivity index (χ0n) is 24.8. The fourth-order valence-electron chi connectivity index (χ4n) is 5.53. The van der Waals surface area contributed by atoms with Gasteiger partial charge in [-0.1, -0.05) is 12.5 Å². The van der Waals surface area contributed by atoms with E-state index in [0.717, 1.165) is 42.4 Å². The maximum Gasteiger partial charge on any atom is 0.239 e. The number of aromatic nitrogens is 7. The third kappa shape index (κ3) is 7.22. The molecule has 0 aromatic carbocycles. The molecule has 1 aliphatic rings.